The van der Waals surface area contributed by atoms with Gasteiger partial charge in [0.05, 0.1) is 6.20 Å². The molecule has 31 heavy (non-hydrogen) atoms. The molecule has 0 unspecified atom stereocenters. The number of ether oxygens (including phenoxy) is 1. The lowest BCUT2D eigenvalue weighted by atomic mass is 10.1. The molecule has 0 atom stereocenters. The maximum Gasteiger partial charge on any atom is 0.272 e. The van der Waals surface area contributed by atoms with Gasteiger partial charge in [-0.15, -0.1) is 0 Å². The zero-order valence-corrected chi connectivity index (χ0v) is 16.2. The summed E-state index contributed by atoms with van der Waals surface area (Å²) in [6.07, 6.45) is -0.638. The number of carbonyl (C=O) groups excluding carboxylic acids is 1. The lowest BCUT2D eigenvalue weighted by molar-refractivity contribution is 0.0719. The van der Waals surface area contributed by atoms with E-state index < -0.39 is 26.0 Å². The molecule has 1 aliphatic heterocycles. The maximum atomic E-state index is 12.8. The Balaban J connectivity index is 1.44. The fraction of sp³-hybridized carbons (Fsp3) is 0.286. The second-order valence-corrected chi connectivity index (χ2v) is 7.05. The maximum absolute atomic E-state index is 12.8. The van der Waals surface area contributed by atoms with Crippen molar-refractivity contribution in [1.29, 1.82) is 0 Å². The zero-order valence-electron chi connectivity index (χ0n) is 16.2. The molecule has 0 aliphatic carbocycles. The van der Waals surface area contributed by atoms with Gasteiger partial charge in [-0.05, 0) is 22.8 Å². The van der Waals surface area contributed by atoms with Crippen LogP contribution in [0.25, 0.3) is 11.1 Å². The van der Waals surface area contributed by atoms with Gasteiger partial charge in [0, 0.05) is 31.0 Å². The van der Waals surface area contributed by atoms with E-state index in [9.17, 15) is 22.4 Å². The van der Waals surface area contributed by atoms with Crippen LogP contribution in [-0.4, -0.2) is 45.0 Å². The van der Waals surface area contributed by atoms with Crippen molar-refractivity contribution in [2.24, 2.45) is 0 Å². The van der Waals surface area contributed by atoms with E-state index in [0.29, 0.717) is 24.2 Å². The summed E-state index contributed by atoms with van der Waals surface area (Å²) in [5.41, 5.74) is 3.27. The smallest absolute Gasteiger partial charge is 0.272 e. The number of rotatable bonds is 8. The van der Waals surface area contributed by atoms with Crippen LogP contribution in [0.5, 0.6) is 5.88 Å². The summed E-state index contributed by atoms with van der Waals surface area (Å²) in [5, 5.41) is 3.92. The summed E-state index contributed by atoms with van der Waals surface area (Å²) in [7, 11) is 0. The second kappa shape index (κ2) is 8.75. The van der Waals surface area contributed by atoms with Crippen LogP contribution in [-0.2, 0) is 19.6 Å². The van der Waals surface area contributed by atoms with Gasteiger partial charge in [-0.25, -0.2) is 22.5 Å². The highest BCUT2D eigenvalue weighted by atomic mass is 19.3. The van der Waals surface area contributed by atoms with Crippen LogP contribution in [0.1, 0.15) is 21.5 Å². The monoisotopic (exact) mass is 434 g/mol. The van der Waals surface area contributed by atoms with Crippen molar-refractivity contribution in [3.63, 3.8) is 0 Å². The number of alkyl halides is 4. The highest BCUT2D eigenvalue weighted by Gasteiger charge is 2.31. The van der Waals surface area contributed by atoms with Gasteiger partial charge in [-0.2, -0.15) is 5.10 Å². The molecule has 10 heteroatoms. The van der Waals surface area contributed by atoms with E-state index in [4.69, 9.17) is 4.74 Å². The molecule has 0 radical (unpaired) electrons. The van der Waals surface area contributed by atoms with Crippen LogP contribution in [0.3, 0.4) is 0 Å². The first-order valence-corrected chi connectivity index (χ1v) is 9.48. The number of nitrogens with zero attached hydrogens (tertiary/aromatic N) is 4. The molecule has 0 bridgehead atoms. The quantitative estimate of drug-likeness (QED) is 0.503. The van der Waals surface area contributed by atoms with Crippen LogP contribution in [0.2, 0.25) is 0 Å². The number of aromatic nitrogens is 3. The van der Waals surface area contributed by atoms with Gasteiger partial charge in [-0.3, -0.25) is 9.48 Å². The number of halogens is 4. The highest BCUT2D eigenvalue weighted by Crippen LogP contribution is 2.30. The lowest BCUT2D eigenvalue weighted by Gasteiger charge is -2.16. The fourth-order valence-corrected chi connectivity index (χ4v) is 3.43. The van der Waals surface area contributed by atoms with Crippen molar-refractivity contribution in [1.82, 2.24) is 19.7 Å². The molecule has 1 aromatic carbocycles. The normalized spacial score (nSPS) is 13.4. The number of benzene rings is 1. The van der Waals surface area contributed by atoms with E-state index in [2.05, 4.69) is 10.1 Å². The Labute approximate surface area is 175 Å². The van der Waals surface area contributed by atoms with Crippen LogP contribution in [0.4, 0.5) is 17.6 Å². The topological polar surface area (TPSA) is 60.2 Å². The van der Waals surface area contributed by atoms with Gasteiger partial charge in [0.1, 0.15) is 12.1 Å². The minimum absolute atomic E-state index is 0.0820. The van der Waals surface area contributed by atoms with Gasteiger partial charge in [0.15, 0.2) is 6.61 Å². The molecule has 0 saturated carbocycles. The van der Waals surface area contributed by atoms with Gasteiger partial charge in [0.2, 0.25) is 5.88 Å². The van der Waals surface area contributed by atoms with Crippen LogP contribution in [0, 0.1) is 0 Å². The molecule has 162 valence electrons. The first-order chi connectivity index (χ1) is 14.9. The molecular weight excluding hydrogens is 416 g/mol. The molecule has 1 amide bonds. The summed E-state index contributed by atoms with van der Waals surface area (Å²) < 4.78 is 56.1. The highest BCUT2D eigenvalue weighted by molar-refractivity contribution is 6.00. The number of carbonyl (C=O) groups is 1. The van der Waals surface area contributed by atoms with E-state index in [1.54, 1.807) is 17.2 Å². The number of pyridine rings is 1. The van der Waals surface area contributed by atoms with Crippen molar-refractivity contribution >= 4 is 5.91 Å². The summed E-state index contributed by atoms with van der Waals surface area (Å²) in [5.74, 6) is -0.411. The third kappa shape index (κ3) is 4.68. The van der Waals surface area contributed by atoms with Crippen LogP contribution >= 0.6 is 0 Å². The van der Waals surface area contributed by atoms with E-state index in [1.807, 2.05) is 24.3 Å². The molecule has 3 heterocycles. The van der Waals surface area contributed by atoms with E-state index in [1.165, 1.54) is 17.1 Å². The third-order valence-corrected chi connectivity index (χ3v) is 4.83. The molecule has 1 aliphatic rings. The molecule has 0 saturated heterocycles. The molecule has 0 spiro atoms. The van der Waals surface area contributed by atoms with Gasteiger partial charge < -0.3 is 9.64 Å². The summed E-state index contributed by atoms with van der Waals surface area (Å²) in [6, 6.07) is 8.99. The van der Waals surface area contributed by atoms with Crippen LogP contribution < -0.4 is 4.74 Å². The molecule has 0 fully saturated rings. The Kier molecular flexibility index (Phi) is 5.88. The van der Waals surface area contributed by atoms with Gasteiger partial charge in [0.25, 0.3) is 18.8 Å². The van der Waals surface area contributed by atoms with Crippen molar-refractivity contribution in [2.45, 2.75) is 32.5 Å². The second-order valence-electron chi connectivity index (χ2n) is 7.05. The molecule has 2 aromatic heterocycles. The Bertz CT molecular complexity index is 1070. The number of fused-ring (bicyclic) bond motifs is 1. The predicted octanol–water partition coefficient (Wildman–Crippen LogP) is 4.01. The van der Waals surface area contributed by atoms with Crippen molar-refractivity contribution < 1.29 is 27.1 Å². The third-order valence-electron chi connectivity index (χ3n) is 4.83. The number of hydrogen-bond acceptors (Lipinski definition) is 4. The minimum Gasteiger partial charge on any atom is -0.471 e. The SMILES string of the molecule is O=C1c2c(ccnc2OCC(F)F)CN1Cc1ccc(-c2cnn(CC(F)F)c2)cc1. The summed E-state index contributed by atoms with van der Waals surface area (Å²) in [4.78, 5) is 18.3. The average molecular weight is 434 g/mol. The molecule has 6 nitrogen and oxygen atoms in total. The van der Waals surface area contributed by atoms with Gasteiger partial charge in [-0.1, -0.05) is 24.3 Å². The standard InChI is InChI=1S/C21H18F4N4O2/c22-17(23)11-29-10-16(7-27-29)14-3-1-13(2-4-14)8-28-9-15-5-6-26-20(19(15)21(28)30)31-12-18(24)25/h1-7,10,17-18H,8-9,11-12H2. The molecular formula is C21H18F4N4O2. The van der Waals surface area contributed by atoms with Crippen molar-refractivity contribution in [2.75, 3.05) is 6.61 Å². The summed E-state index contributed by atoms with van der Waals surface area (Å²) in [6.45, 7) is -0.656. The first-order valence-electron chi connectivity index (χ1n) is 9.48. The molecule has 4 rings (SSSR count). The Morgan fingerprint density at radius 3 is 2.52 bits per heavy atom. The number of amides is 1. The van der Waals surface area contributed by atoms with E-state index >= 15 is 0 Å². The van der Waals surface area contributed by atoms with Gasteiger partial charge >= 0.3 is 0 Å². The first kappa shape index (κ1) is 20.8. The Morgan fingerprint density at radius 1 is 1.03 bits per heavy atom. The largest absolute Gasteiger partial charge is 0.471 e. The number of hydrogen-bond donors (Lipinski definition) is 0. The van der Waals surface area contributed by atoms with Crippen molar-refractivity contribution in [3.8, 4) is 17.0 Å². The summed E-state index contributed by atoms with van der Waals surface area (Å²) >= 11 is 0. The average Bonchev–Trinajstić information content (AvgIpc) is 3.31. The van der Waals surface area contributed by atoms with Crippen molar-refractivity contribution in [3.05, 3.63) is 65.6 Å². The zero-order chi connectivity index (χ0) is 22.0. The van der Waals surface area contributed by atoms with E-state index in [-0.39, 0.29) is 17.4 Å². The van der Waals surface area contributed by atoms with Crippen LogP contribution in [0.15, 0.2) is 48.9 Å². The minimum atomic E-state index is -2.66. The molecule has 0 N–H and O–H groups in total. The molecule has 3 aromatic rings. The Hall–Kier alpha value is -3.43. The predicted molar refractivity (Wildman–Crippen MR) is 103 cm³/mol. The van der Waals surface area contributed by atoms with E-state index in [0.717, 1.165) is 11.1 Å². The fourth-order valence-electron chi connectivity index (χ4n) is 3.43. The Morgan fingerprint density at radius 2 is 1.81 bits per heavy atom. The lowest BCUT2D eigenvalue weighted by Crippen LogP contribution is -2.23.